The molecule has 2 heterocycles. The summed E-state index contributed by atoms with van der Waals surface area (Å²) in [6, 6.07) is 3.71. The Balaban J connectivity index is 2.13. The Bertz CT molecular complexity index is 285. The molecule has 0 aromatic carbocycles. The van der Waals surface area contributed by atoms with Crippen LogP contribution in [0.1, 0.15) is 6.42 Å². The zero-order valence-electron chi connectivity index (χ0n) is 7.35. The third kappa shape index (κ3) is 1.72. The van der Waals surface area contributed by atoms with Crippen LogP contribution in [0.15, 0.2) is 18.3 Å². The predicted molar refractivity (Wildman–Crippen MR) is 51.5 cm³/mol. The van der Waals surface area contributed by atoms with Crippen molar-refractivity contribution in [2.75, 3.05) is 23.7 Å². The lowest BCUT2D eigenvalue weighted by molar-refractivity contribution is 0.198. The molecule has 0 amide bonds. The van der Waals surface area contributed by atoms with Crippen LogP contribution in [0, 0.1) is 0 Å². The van der Waals surface area contributed by atoms with E-state index in [-0.39, 0.29) is 6.10 Å². The van der Waals surface area contributed by atoms with Crippen molar-refractivity contribution in [2.24, 2.45) is 0 Å². The van der Waals surface area contributed by atoms with Gasteiger partial charge in [0.25, 0.3) is 0 Å². The molecule has 3 N–H and O–H groups in total. The van der Waals surface area contributed by atoms with Crippen LogP contribution in [-0.2, 0) is 0 Å². The fraction of sp³-hybridized carbons (Fsp3) is 0.444. The number of β-amino-alcohol motifs (C(OH)–C–C–N with tert-alkyl or cyclic N) is 1. The zero-order chi connectivity index (χ0) is 9.26. The molecule has 1 aliphatic heterocycles. The summed E-state index contributed by atoms with van der Waals surface area (Å²) < 4.78 is 0. The molecule has 1 saturated heterocycles. The molecule has 4 heteroatoms. The minimum absolute atomic E-state index is 0.197. The molecule has 1 atom stereocenters. The second-order valence-corrected chi connectivity index (χ2v) is 3.33. The zero-order valence-corrected chi connectivity index (χ0v) is 7.35. The first-order valence-electron chi connectivity index (χ1n) is 4.40. The Morgan fingerprint density at radius 3 is 2.92 bits per heavy atom. The van der Waals surface area contributed by atoms with E-state index in [1.165, 1.54) is 0 Å². The summed E-state index contributed by atoms with van der Waals surface area (Å²) in [5.74, 6) is 0.531. The number of hydrogen-bond acceptors (Lipinski definition) is 4. The van der Waals surface area contributed by atoms with Gasteiger partial charge in [0.1, 0.15) is 5.82 Å². The highest BCUT2D eigenvalue weighted by Crippen LogP contribution is 2.19. The number of aliphatic hydroxyl groups excluding tert-OH is 1. The second-order valence-electron chi connectivity index (χ2n) is 3.33. The van der Waals surface area contributed by atoms with Gasteiger partial charge in [-0.1, -0.05) is 0 Å². The maximum atomic E-state index is 9.33. The van der Waals surface area contributed by atoms with Gasteiger partial charge in [-0.2, -0.15) is 0 Å². The van der Waals surface area contributed by atoms with E-state index in [1.807, 2.05) is 6.07 Å². The molecule has 0 unspecified atom stereocenters. The van der Waals surface area contributed by atoms with Gasteiger partial charge in [0.15, 0.2) is 0 Å². The molecule has 1 aromatic heterocycles. The predicted octanol–water partition coefficient (Wildman–Crippen LogP) is 0.235. The molecule has 13 heavy (non-hydrogen) atoms. The lowest BCUT2D eigenvalue weighted by Crippen LogP contribution is -2.21. The largest absolute Gasteiger partial charge is 0.391 e. The number of nitrogens with zero attached hydrogens (tertiary/aromatic N) is 2. The van der Waals surface area contributed by atoms with Gasteiger partial charge in [0.2, 0.25) is 0 Å². The van der Waals surface area contributed by atoms with Crippen molar-refractivity contribution in [1.29, 1.82) is 0 Å². The molecule has 0 aliphatic carbocycles. The molecular formula is C9H13N3O. The van der Waals surface area contributed by atoms with Gasteiger partial charge >= 0.3 is 0 Å². The summed E-state index contributed by atoms with van der Waals surface area (Å²) >= 11 is 0. The van der Waals surface area contributed by atoms with E-state index in [2.05, 4.69) is 9.88 Å². The van der Waals surface area contributed by atoms with Crippen molar-refractivity contribution in [2.45, 2.75) is 12.5 Å². The maximum absolute atomic E-state index is 9.33. The summed E-state index contributed by atoms with van der Waals surface area (Å²) in [6.45, 7) is 1.60. The number of rotatable bonds is 1. The summed E-state index contributed by atoms with van der Waals surface area (Å²) in [5.41, 5.74) is 6.51. The first-order valence-corrected chi connectivity index (χ1v) is 4.40. The molecule has 4 nitrogen and oxygen atoms in total. The van der Waals surface area contributed by atoms with E-state index in [0.717, 1.165) is 18.7 Å². The monoisotopic (exact) mass is 179 g/mol. The first-order chi connectivity index (χ1) is 6.25. The number of aliphatic hydroxyl groups is 1. The smallest absolute Gasteiger partial charge is 0.123 e. The average molecular weight is 179 g/mol. The summed E-state index contributed by atoms with van der Waals surface area (Å²) in [4.78, 5) is 6.11. The highest BCUT2D eigenvalue weighted by atomic mass is 16.3. The molecule has 0 radical (unpaired) electrons. The van der Waals surface area contributed by atoms with Crippen molar-refractivity contribution < 1.29 is 5.11 Å². The van der Waals surface area contributed by atoms with Crippen LogP contribution in [0.25, 0.3) is 0 Å². The number of aromatic nitrogens is 1. The van der Waals surface area contributed by atoms with Crippen molar-refractivity contribution in [3.63, 3.8) is 0 Å². The number of pyridine rings is 1. The average Bonchev–Trinajstić information content (AvgIpc) is 2.53. The van der Waals surface area contributed by atoms with Gasteiger partial charge < -0.3 is 15.7 Å². The van der Waals surface area contributed by atoms with Crippen molar-refractivity contribution in [1.82, 2.24) is 4.98 Å². The molecule has 0 spiro atoms. The summed E-state index contributed by atoms with van der Waals surface area (Å²) in [5, 5.41) is 9.33. The van der Waals surface area contributed by atoms with E-state index in [1.54, 1.807) is 12.3 Å². The van der Waals surface area contributed by atoms with Crippen LogP contribution in [0.5, 0.6) is 0 Å². The maximum Gasteiger partial charge on any atom is 0.123 e. The van der Waals surface area contributed by atoms with Crippen LogP contribution >= 0.6 is 0 Å². The number of nitrogens with two attached hydrogens (primary N) is 1. The number of anilines is 2. The Labute approximate surface area is 77.0 Å². The van der Waals surface area contributed by atoms with Gasteiger partial charge in [-0.25, -0.2) is 4.98 Å². The quantitative estimate of drug-likeness (QED) is 0.648. The minimum Gasteiger partial charge on any atom is -0.391 e. The third-order valence-corrected chi connectivity index (χ3v) is 2.30. The first kappa shape index (κ1) is 8.31. The van der Waals surface area contributed by atoms with E-state index < -0.39 is 0 Å². The molecule has 1 aromatic rings. The Morgan fingerprint density at radius 2 is 2.38 bits per heavy atom. The minimum atomic E-state index is -0.197. The van der Waals surface area contributed by atoms with Gasteiger partial charge in [-0.15, -0.1) is 0 Å². The van der Waals surface area contributed by atoms with E-state index in [9.17, 15) is 5.11 Å². The van der Waals surface area contributed by atoms with Gasteiger partial charge in [-0.05, 0) is 18.6 Å². The second kappa shape index (κ2) is 3.22. The van der Waals surface area contributed by atoms with Crippen molar-refractivity contribution in [3.8, 4) is 0 Å². The highest BCUT2D eigenvalue weighted by Gasteiger charge is 2.20. The topological polar surface area (TPSA) is 62.4 Å². The van der Waals surface area contributed by atoms with Crippen LogP contribution in [0.3, 0.4) is 0 Å². The summed E-state index contributed by atoms with van der Waals surface area (Å²) in [6.07, 6.45) is 2.38. The lowest BCUT2D eigenvalue weighted by atomic mass is 10.3. The SMILES string of the molecule is Nc1ccc(N2CC[C@H](O)C2)cn1. The molecule has 1 aliphatic rings. The van der Waals surface area contributed by atoms with Crippen LogP contribution in [0.2, 0.25) is 0 Å². The number of nitrogen functional groups attached to an aromatic ring is 1. The van der Waals surface area contributed by atoms with Crippen LogP contribution in [-0.4, -0.2) is 29.3 Å². The van der Waals surface area contributed by atoms with E-state index in [4.69, 9.17) is 5.73 Å². The fourth-order valence-corrected chi connectivity index (χ4v) is 1.56. The normalized spacial score (nSPS) is 22.2. The Hall–Kier alpha value is -1.29. The highest BCUT2D eigenvalue weighted by molar-refractivity contribution is 5.48. The van der Waals surface area contributed by atoms with E-state index >= 15 is 0 Å². The molecule has 70 valence electrons. The number of hydrogen-bond donors (Lipinski definition) is 2. The van der Waals surface area contributed by atoms with E-state index in [0.29, 0.717) is 12.4 Å². The lowest BCUT2D eigenvalue weighted by Gasteiger charge is -2.16. The fourth-order valence-electron chi connectivity index (χ4n) is 1.56. The van der Waals surface area contributed by atoms with Crippen molar-refractivity contribution in [3.05, 3.63) is 18.3 Å². The van der Waals surface area contributed by atoms with Gasteiger partial charge in [-0.3, -0.25) is 0 Å². The molecule has 2 rings (SSSR count). The van der Waals surface area contributed by atoms with Gasteiger partial charge in [0.05, 0.1) is 18.0 Å². The summed E-state index contributed by atoms with van der Waals surface area (Å²) in [7, 11) is 0. The van der Waals surface area contributed by atoms with Crippen LogP contribution in [0.4, 0.5) is 11.5 Å². The molecule has 0 bridgehead atoms. The van der Waals surface area contributed by atoms with Gasteiger partial charge in [0, 0.05) is 13.1 Å². The van der Waals surface area contributed by atoms with Crippen LogP contribution < -0.4 is 10.6 Å². The molecular weight excluding hydrogens is 166 g/mol. The third-order valence-electron chi connectivity index (χ3n) is 2.30. The van der Waals surface area contributed by atoms with Crippen molar-refractivity contribution >= 4 is 11.5 Å². The Morgan fingerprint density at radius 1 is 1.54 bits per heavy atom. The molecule has 0 saturated carbocycles. The molecule has 1 fully saturated rings. The standard InChI is InChI=1S/C9H13N3O/c10-9-2-1-7(5-11-9)12-4-3-8(13)6-12/h1-2,5,8,13H,3-4,6H2,(H2,10,11)/t8-/m0/s1. The Kier molecular flexibility index (Phi) is 2.06.